The second kappa shape index (κ2) is 42.6. The lowest BCUT2D eigenvalue weighted by Gasteiger charge is -2.21. The van der Waals surface area contributed by atoms with Crippen LogP contribution in [0.5, 0.6) is 0 Å². The molecule has 52 heavy (non-hydrogen) atoms. The van der Waals surface area contributed by atoms with E-state index in [1.54, 1.807) is 6.08 Å². The van der Waals surface area contributed by atoms with E-state index >= 15 is 0 Å². The highest BCUT2D eigenvalue weighted by Crippen LogP contribution is 2.16. The molecule has 5 nitrogen and oxygen atoms in total. The third kappa shape index (κ3) is 38.6. The summed E-state index contributed by atoms with van der Waals surface area (Å²) in [7, 11) is 0. The van der Waals surface area contributed by atoms with Crippen molar-refractivity contribution in [1.29, 1.82) is 0 Å². The summed E-state index contributed by atoms with van der Waals surface area (Å²) < 4.78 is 0. The van der Waals surface area contributed by atoms with Gasteiger partial charge in [-0.25, -0.2) is 0 Å². The molecule has 4 N–H and O–H groups in total. The highest BCUT2D eigenvalue weighted by Gasteiger charge is 2.20. The van der Waals surface area contributed by atoms with Crippen molar-refractivity contribution in [2.45, 2.75) is 263 Å². The molecule has 0 aliphatic rings. The highest BCUT2D eigenvalue weighted by molar-refractivity contribution is 5.76. The molecule has 0 spiro atoms. The van der Waals surface area contributed by atoms with Gasteiger partial charge in [-0.1, -0.05) is 218 Å². The van der Waals surface area contributed by atoms with Crippen LogP contribution < -0.4 is 5.32 Å². The van der Waals surface area contributed by atoms with E-state index < -0.39 is 18.2 Å². The lowest BCUT2D eigenvalue weighted by atomic mass is 10.0. The molecule has 5 heteroatoms. The Morgan fingerprint density at radius 2 is 0.808 bits per heavy atom. The number of rotatable bonds is 42. The molecule has 0 aromatic heterocycles. The summed E-state index contributed by atoms with van der Waals surface area (Å²) in [4.78, 5) is 12.4. The van der Waals surface area contributed by atoms with Crippen molar-refractivity contribution < 1.29 is 20.1 Å². The normalized spacial score (nSPS) is 13.7. The number of hydrogen-bond acceptors (Lipinski definition) is 4. The summed E-state index contributed by atoms with van der Waals surface area (Å²) in [6.07, 6.45) is 51.8. The van der Waals surface area contributed by atoms with Gasteiger partial charge < -0.3 is 20.6 Å². The van der Waals surface area contributed by atoms with Gasteiger partial charge in [0.05, 0.1) is 31.3 Å². The molecule has 0 saturated carbocycles. The van der Waals surface area contributed by atoms with Crippen molar-refractivity contribution in [2.75, 3.05) is 6.61 Å². The van der Waals surface area contributed by atoms with Crippen LogP contribution in [0.15, 0.2) is 24.3 Å². The maximum absolute atomic E-state index is 12.4. The van der Waals surface area contributed by atoms with E-state index in [0.717, 1.165) is 25.7 Å². The number of allylic oxidation sites excluding steroid dienone is 3. The Morgan fingerprint density at radius 3 is 1.17 bits per heavy atom. The van der Waals surface area contributed by atoms with Gasteiger partial charge in [-0.3, -0.25) is 4.79 Å². The van der Waals surface area contributed by atoms with Crippen LogP contribution in [0.3, 0.4) is 0 Å². The fraction of sp³-hybridized carbons (Fsp3) is 0.894. The molecule has 308 valence electrons. The summed E-state index contributed by atoms with van der Waals surface area (Å²) in [5.41, 5.74) is 0. The second-order valence-corrected chi connectivity index (χ2v) is 16.0. The number of aliphatic hydroxyl groups is 3. The molecule has 0 aliphatic heterocycles. The summed E-state index contributed by atoms with van der Waals surface area (Å²) in [5.74, 6) is -0.317. The van der Waals surface area contributed by atoms with Gasteiger partial charge in [-0.15, -0.1) is 0 Å². The average molecular weight is 734 g/mol. The number of nitrogens with one attached hydrogen (secondary N) is 1. The molecule has 0 aromatic carbocycles. The lowest BCUT2D eigenvalue weighted by Crippen LogP contribution is -2.45. The van der Waals surface area contributed by atoms with Crippen molar-refractivity contribution in [3.05, 3.63) is 24.3 Å². The minimum Gasteiger partial charge on any atom is -0.394 e. The SMILES string of the molecule is CCCCCCCCCCCCCC/C=C\CCCCCCCCCC(O)CC(=O)NC(CO)C(O)/C=C/CCCCCCCCCCCCCC. The predicted octanol–water partition coefficient (Wildman–Crippen LogP) is 13.4. The summed E-state index contributed by atoms with van der Waals surface area (Å²) >= 11 is 0. The molecular weight excluding hydrogens is 643 g/mol. The van der Waals surface area contributed by atoms with E-state index in [2.05, 4.69) is 31.3 Å². The van der Waals surface area contributed by atoms with Crippen molar-refractivity contribution in [2.24, 2.45) is 0 Å². The van der Waals surface area contributed by atoms with Gasteiger partial charge in [0.15, 0.2) is 0 Å². The molecule has 0 bridgehead atoms. The lowest BCUT2D eigenvalue weighted by molar-refractivity contribution is -0.124. The first kappa shape index (κ1) is 50.8. The molecule has 0 aliphatic carbocycles. The topological polar surface area (TPSA) is 89.8 Å². The van der Waals surface area contributed by atoms with Gasteiger partial charge in [0.1, 0.15) is 0 Å². The number of carbonyl (C=O) groups excluding carboxylic acids is 1. The van der Waals surface area contributed by atoms with E-state index in [4.69, 9.17) is 0 Å². The summed E-state index contributed by atoms with van der Waals surface area (Å²) in [6, 6.07) is -0.743. The first-order chi connectivity index (χ1) is 25.5. The smallest absolute Gasteiger partial charge is 0.222 e. The maximum atomic E-state index is 12.4. The monoisotopic (exact) mass is 734 g/mol. The minimum absolute atomic E-state index is 0.0125. The quantitative estimate of drug-likeness (QED) is 0.0371. The number of hydrogen-bond donors (Lipinski definition) is 4. The molecule has 0 fully saturated rings. The summed E-state index contributed by atoms with van der Waals surface area (Å²) in [5, 5.41) is 33.2. The van der Waals surface area contributed by atoms with E-state index in [9.17, 15) is 20.1 Å². The number of carbonyl (C=O) groups is 1. The van der Waals surface area contributed by atoms with E-state index in [-0.39, 0.29) is 18.9 Å². The van der Waals surface area contributed by atoms with Crippen molar-refractivity contribution in [3.63, 3.8) is 0 Å². The Labute approximate surface area is 324 Å². The third-order valence-electron chi connectivity index (χ3n) is 10.7. The molecule has 0 saturated heterocycles. The zero-order chi connectivity index (χ0) is 38.0. The van der Waals surface area contributed by atoms with Crippen LogP contribution in [0.2, 0.25) is 0 Å². The Bertz CT molecular complexity index is 768. The van der Waals surface area contributed by atoms with Gasteiger partial charge >= 0.3 is 0 Å². The first-order valence-corrected chi connectivity index (χ1v) is 23.1. The van der Waals surface area contributed by atoms with Crippen molar-refractivity contribution in [1.82, 2.24) is 5.32 Å². The largest absolute Gasteiger partial charge is 0.394 e. The van der Waals surface area contributed by atoms with Gasteiger partial charge in [-0.2, -0.15) is 0 Å². The van der Waals surface area contributed by atoms with Gasteiger partial charge in [-0.05, 0) is 44.9 Å². The Morgan fingerprint density at radius 1 is 0.481 bits per heavy atom. The van der Waals surface area contributed by atoms with Gasteiger partial charge in [0.25, 0.3) is 0 Å². The first-order valence-electron chi connectivity index (χ1n) is 23.1. The van der Waals surface area contributed by atoms with Gasteiger partial charge in [0, 0.05) is 0 Å². The Hall–Kier alpha value is -1.17. The minimum atomic E-state index is -0.927. The van der Waals surface area contributed by atoms with Crippen LogP contribution in [-0.4, -0.2) is 46.1 Å². The van der Waals surface area contributed by atoms with E-state index in [0.29, 0.717) is 6.42 Å². The number of amides is 1. The second-order valence-electron chi connectivity index (χ2n) is 16.0. The average Bonchev–Trinajstić information content (AvgIpc) is 3.14. The number of aliphatic hydroxyl groups excluding tert-OH is 3. The molecular formula is C47H91NO4. The van der Waals surface area contributed by atoms with Crippen LogP contribution >= 0.6 is 0 Å². The molecule has 0 aromatic rings. The Balaban J connectivity index is 3.62. The van der Waals surface area contributed by atoms with Crippen LogP contribution in [0.25, 0.3) is 0 Å². The molecule has 0 rings (SSSR count). The predicted molar refractivity (Wildman–Crippen MR) is 227 cm³/mol. The zero-order valence-electron chi connectivity index (χ0n) is 35.0. The zero-order valence-corrected chi connectivity index (χ0v) is 35.0. The molecule has 1 amide bonds. The Kier molecular flexibility index (Phi) is 41.6. The maximum Gasteiger partial charge on any atom is 0.222 e. The number of unbranched alkanes of at least 4 members (excludes halogenated alkanes) is 31. The van der Waals surface area contributed by atoms with Crippen LogP contribution in [-0.2, 0) is 4.79 Å². The molecule has 0 heterocycles. The summed E-state index contributed by atoms with van der Waals surface area (Å²) in [6.45, 7) is 4.22. The molecule has 3 atom stereocenters. The fourth-order valence-electron chi connectivity index (χ4n) is 7.16. The van der Waals surface area contributed by atoms with Crippen LogP contribution in [0, 0.1) is 0 Å². The van der Waals surface area contributed by atoms with Crippen molar-refractivity contribution >= 4 is 5.91 Å². The van der Waals surface area contributed by atoms with E-state index in [1.165, 1.54) is 193 Å². The molecule has 3 unspecified atom stereocenters. The molecule has 0 radical (unpaired) electrons. The van der Waals surface area contributed by atoms with Crippen molar-refractivity contribution in [3.8, 4) is 0 Å². The third-order valence-corrected chi connectivity index (χ3v) is 10.7. The van der Waals surface area contributed by atoms with Gasteiger partial charge in [0.2, 0.25) is 5.91 Å². The fourth-order valence-corrected chi connectivity index (χ4v) is 7.16. The standard InChI is InChI=1S/C47H91NO4/c1-3-5-7-9-11-13-15-17-19-20-21-22-23-24-25-26-27-28-30-32-34-36-38-40-44(50)42-47(52)48-45(43-49)46(51)41-39-37-35-33-31-29-18-16-14-12-10-8-6-4-2/h24-25,39,41,44-46,49-51H,3-23,26-38,40,42-43H2,1-2H3,(H,48,52)/b25-24-,41-39+. The highest BCUT2D eigenvalue weighted by atomic mass is 16.3. The van der Waals surface area contributed by atoms with Crippen LogP contribution in [0.1, 0.15) is 245 Å². The van der Waals surface area contributed by atoms with E-state index in [1.807, 2.05) is 6.08 Å². The van der Waals surface area contributed by atoms with Crippen LogP contribution in [0.4, 0.5) is 0 Å².